The lowest BCUT2D eigenvalue weighted by Gasteiger charge is -2.10. The third-order valence-electron chi connectivity index (χ3n) is 4.02. The lowest BCUT2D eigenvalue weighted by atomic mass is 10.1. The molecular formula is C20H18N6O. The number of nitrogens with two attached hydrogens (primary N) is 1. The van der Waals surface area contributed by atoms with Gasteiger partial charge >= 0.3 is 6.01 Å². The van der Waals surface area contributed by atoms with E-state index in [1.165, 1.54) is 0 Å². The first-order valence-corrected chi connectivity index (χ1v) is 8.56. The molecule has 0 aliphatic rings. The van der Waals surface area contributed by atoms with Crippen molar-refractivity contribution in [2.75, 3.05) is 17.6 Å². The molecule has 27 heavy (non-hydrogen) atoms. The van der Waals surface area contributed by atoms with E-state index in [0.29, 0.717) is 24.0 Å². The summed E-state index contributed by atoms with van der Waals surface area (Å²) >= 11 is 0. The topological polar surface area (TPSA) is 98.8 Å². The molecule has 0 aliphatic heterocycles. The number of hydrogen-bond donors (Lipinski definition) is 2. The number of nitrogen functional groups attached to an aromatic ring is 1. The fraction of sp³-hybridized carbons (Fsp3) is 0.100. The van der Waals surface area contributed by atoms with E-state index in [-0.39, 0.29) is 0 Å². The summed E-state index contributed by atoms with van der Waals surface area (Å²) in [5.74, 6) is 1.48. The van der Waals surface area contributed by atoms with E-state index in [1.54, 1.807) is 24.8 Å². The molecule has 2 aromatic carbocycles. The first kappa shape index (κ1) is 16.7. The molecule has 0 bridgehead atoms. The minimum Gasteiger partial charge on any atom is -0.424 e. The Balaban J connectivity index is 1.42. The van der Waals surface area contributed by atoms with Crippen molar-refractivity contribution in [3.8, 4) is 11.8 Å². The second kappa shape index (κ2) is 7.65. The van der Waals surface area contributed by atoms with Gasteiger partial charge in [0.2, 0.25) is 0 Å². The van der Waals surface area contributed by atoms with Gasteiger partial charge in [0, 0.05) is 30.0 Å². The number of ether oxygens (including phenoxy) is 1. The van der Waals surface area contributed by atoms with Crippen LogP contribution in [0.5, 0.6) is 11.8 Å². The molecule has 2 heterocycles. The average Bonchev–Trinajstić information content (AvgIpc) is 2.69. The molecule has 0 amide bonds. The summed E-state index contributed by atoms with van der Waals surface area (Å²) in [7, 11) is 0. The summed E-state index contributed by atoms with van der Waals surface area (Å²) in [5.41, 5.74) is 8.57. The molecule has 0 spiro atoms. The highest BCUT2D eigenvalue weighted by Gasteiger charge is 2.05. The third-order valence-corrected chi connectivity index (χ3v) is 4.02. The number of fused-ring (bicyclic) bond motifs is 1. The Morgan fingerprint density at radius 3 is 2.70 bits per heavy atom. The second-order valence-corrected chi connectivity index (χ2v) is 5.96. The summed E-state index contributed by atoms with van der Waals surface area (Å²) in [6.45, 7) is 0.714. The van der Waals surface area contributed by atoms with Gasteiger partial charge in [0.25, 0.3) is 0 Å². The number of hydrogen-bond acceptors (Lipinski definition) is 7. The fourth-order valence-corrected chi connectivity index (χ4v) is 2.75. The van der Waals surface area contributed by atoms with E-state index in [9.17, 15) is 0 Å². The van der Waals surface area contributed by atoms with Crippen molar-refractivity contribution in [3.05, 3.63) is 72.8 Å². The minimum absolute atomic E-state index is 0.331. The molecule has 0 radical (unpaired) electrons. The maximum absolute atomic E-state index is 5.88. The van der Waals surface area contributed by atoms with E-state index < -0.39 is 0 Å². The van der Waals surface area contributed by atoms with Crippen LogP contribution in [-0.2, 0) is 6.42 Å². The van der Waals surface area contributed by atoms with Crippen LogP contribution in [0.2, 0.25) is 0 Å². The highest BCUT2D eigenvalue weighted by Crippen LogP contribution is 2.22. The van der Waals surface area contributed by atoms with Gasteiger partial charge in [-0.2, -0.15) is 0 Å². The van der Waals surface area contributed by atoms with Crippen LogP contribution in [-0.4, -0.2) is 26.5 Å². The SMILES string of the molecule is Nc1ccc2ncnc(NCCc3cccc(Oc4ncccn4)c3)c2c1. The van der Waals surface area contributed by atoms with Gasteiger partial charge in [-0.3, -0.25) is 0 Å². The van der Waals surface area contributed by atoms with E-state index in [0.717, 1.165) is 28.7 Å². The highest BCUT2D eigenvalue weighted by atomic mass is 16.5. The molecule has 0 saturated heterocycles. The maximum atomic E-state index is 5.88. The minimum atomic E-state index is 0.331. The van der Waals surface area contributed by atoms with E-state index in [4.69, 9.17) is 10.5 Å². The molecule has 0 atom stereocenters. The van der Waals surface area contributed by atoms with E-state index in [2.05, 4.69) is 31.3 Å². The van der Waals surface area contributed by atoms with Gasteiger partial charge in [-0.05, 0) is 48.4 Å². The van der Waals surface area contributed by atoms with Gasteiger partial charge in [-0.15, -0.1) is 0 Å². The molecular weight excluding hydrogens is 340 g/mol. The Hall–Kier alpha value is -3.74. The molecule has 0 saturated carbocycles. The van der Waals surface area contributed by atoms with Crippen molar-refractivity contribution in [1.29, 1.82) is 0 Å². The zero-order chi connectivity index (χ0) is 18.5. The summed E-state index contributed by atoms with van der Waals surface area (Å²) in [5, 5.41) is 4.27. The number of nitrogens with one attached hydrogen (secondary N) is 1. The van der Waals surface area contributed by atoms with Crippen LogP contribution in [0.25, 0.3) is 10.9 Å². The van der Waals surface area contributed by atoms with Crippen molar-refractivity contribution in [3.63, 3.8) is 0 Å². The van der Waals surface area contributed by atoms with Gasteiger partial charge in [-0.25, -0.2) is 19.9 Å². The van der Waals surface area contributed by atoms with Crippen molar-refractivity contribution >= 4 is 22.4 Å². The molecule has 0 unspecified atom stereocenters. The molecule has 2 aromatic heterocycles. The Morgan fingerprint density at radius 2 is 1.81 bits per heavy atom. The standard InChI is InChI=1S/C20H18N6O/c21-15-5-6-18-17(12-15)19(26-13-25-18)22-10-7-14-3-1-4-16(11-14)27-20-23-8-2-9-24-20/h1-6,8-9,11-13H,7,10,21H2,(H,22,25,26). The van der Waals surface area contributed by atoms with Gasteiger partial charge in [0.05, 0.1) is 5.52 Å². The molecule has 134 valence electrons. The number of aromatic nitrogens is 4. The molecule has 7 heteroatoms. The predicted molar refractivity (Wildman–Crippen MR) is 105 cm³/mol. The fourth-order valence-electron chi connectivity index (χ4n) is 2.75. The molecule has 4 rings (SSSR count). The number of benzene rings is 2. The predicted octanol–water partition coefficient (Wildman–Crippen LogP) is 3.45. The summed E-state index contributed by atoms with van der Waals surface area (Å²) in [6, 6.07) is 15.6. The van der Waals surface area contributed by atoms with Crippen molar-refractivity contribution in [1.82, 2.24) is 19.9 Å². The first-order chi connectivity index (χ1) is 13.3. The van der Waals surface area contributed by atoms with Crippen LogP contribution in [0.3, 0.4) is 0 Å². The normalized spacial score (nSPS) is 10.7. The Morgan fingerprint density at radius 1 is 0.926 bits per heavy atom. The zero-order valence-corrected chi connectivity index (χ0v) is 14.5. The summed E-state index contributed by atoms with van der Waals surface area (Å²) in [6.07, 6.45) is 5.65. The van der Waals surface area contributed by atoms with Crippen molar-refractivity contribution in [2.24, 2.45) is 0 Å². The molecule has 0 aliphatic carbocycles. The number of rotatable bonds is 6. The Bertz CT molecular complexity index is 1050. The maximum Gasteiger partial charge on any atom is 0.321 e. The number of anilines is 2. The summed E-state index contributed by atoms with van der Waals surface area (Å²) < 4.78 is 5.68. The van der Waals surface area contributed by atoms with E-state index >= 15 is 0 Å². The quantitative estimate of drug-likeness (QED) is 0.509. The van der Waals surface area contributed by atoms with Gasteiger partial charge in [0.1, 0.15) is 17.9 Å². The number of nitrogens with zero attached hydrogens (tertiary/aromatic N) is 4. The van der Waals surface area contributed by atoms with E-state index in [1.807, 2.05) is 36.4 Å². The monoisotopic (exact) mass is 358 g/mol. The average molecular weight is 358 g/mol. The Labute approximate surface area is 156 Å². The van der Waals surface area contributed by atoms with Crippen molar-refractivity contribution in [2.45, 2.75) is 6.42 Å². The van der Waals surface area contributed by atoms with Crippen molar-refractivity contribution < 1.29 is 4.74 Å². The lowest BCUT2D eigenvalue weighted by Crippen LogP contribution is -2.07. The smallest absolute Gasteiger partial charge is 0.321 e. The van der Waals surface area contributed by atoms with Crippen LogP contribution in [0.4, 0.5) is 11.5 Å². The van der Waals surface area contributed by atoms with Gasteiger partial charge in [0.15, 0.2) is 0 Å². The van der Waals surface area contributed by atoms with Crippen LogP contribution in [0.15, 0.2) is 67.3 Å². The molecule has 4 aromatic rings. The Kier molecular flexibility index (Phi) is 4.74. The van der Waals surface area contributed by atoms with Crippen LogP contribution >= 0.6 is 0 Å². The molecule has 3 N–H and O–H groups in total. The van der Waals surface area contributed by atoms with Crippen LogP contribution in [0, 0.1) is 0 Å². The van der Waals surface area contributed by atoms with Gasteiger partial charge < -0.3 is 15.8 Å². The largest absolute Gasteiger partial charge is 0.424 e. The molecule has 7 nitrogen and oxygen atoms in total. The second-order valence-electron chi connectivity index (χ2n) is 5.96. The van der Waals surface area contributed by atoms with Crippen LogP contribution < -0.4 is 15.8 Å². The molecule has 0 fully saturated rings. The zero-order valence-electron chi connectivity index (χ0n) is 14.5. The highest BCUT2D eigenvalue weighted by molar-refractivity contribution is 5.91. The first-order valence-electron chi connectivity index (χ1n) is 8.56. The third kappa shape index (κ3) is 4.09. The van der Waals surface area contributed by atoms with Crippen LogP contribution in [0.1, 0.15) is 5.56 Å². The van der Waals surface area contributed by atoms with Gasteiger partial charge in [-0.1, -0.05) is 12.1 Å². The summed E-state index contributed by atoms with van der Waals surface area (Å²) in [4.78, 5) is 16.7. The lowest BCUT2D eigenvalue weighted by molar-refractivity contribution is 0.441.